The van der Waals surface area contributed by atoms with E-state index >= 15 is 0 Å². The van der Waals surface area contributed by atoms with Crippen LogP contribution >= 0.6 is 15.9 Å². The Morgan fingerprint density at radius 2 is 2.25 bits per heavy atom. The van der Waals surface area contributed by atoms with Gasteiger partial charge in [-0.3, -0.25) is 4.68 Å². The van der Waals surface area contributed by atoms with Crippen molar-refractivity contribution in [2.24, 2.45) is 0 Å². The van der Waals surface area contributed by atoms with Crippen LogP contribution in [0.15, 0.2) is 4.47 Å². The molecule has 4 nitrogen and oxygen atoms in total. The summed E-state index contributed by atoms with van der Waals surface area (Å²) in [6.07, 6.45) is 0. The standard InChI is InChI=1S/C11H20BrN3O/c1-5-15-10(11(12)9(3)14-15)6-13-8(2)7-16-4/h8,13H,5-7H2,1-4H3. The van der Waals surface area contributed by atoms with Crippen molar-refractivity contribution in [3.8, 4) is 0 Å². The van der Waals surface area contributed by atoms with Crippen LogP contribution in [0.25, 0.3) is 0 Å². The molecule has 0 aliphatic heterocycles. The molecule has 0 saturated heterocycles. The number of nitrogens with one attached hydrogen (secondary N) is 1. The number of hydrogen-bond donors (Lipinski definition) is 1. The molecule has 0 fully saturated rings. The van der Waals surface area contributed by atoms with E-state index in [-0.39, 0.29) is 0 Å². The Balaban J connectivity index is 2.65. The zero-order valence-corrected chi connectivity index (χ0v) is 12.0. The second-order valence-electron chi connectivity index (χ2n) is 3.90. The van der Waals surface area contributed by atoms with Gasteiger partial charge in [-0.05, 0) is 36.7 Å². The van der Waals surface area contributed by atoms with Crippen molar-refractivity contribution in [1.29, 1.82) is 0 Å². The van der Waals surface area contributed by atoms with Crippen LogP contribution in [0.3, 0.4) is 0 Å². The van der Waals surface area contributed by atoms with Gasteiger partial charge < -0.3 is 10.1 Å². The third-order valence-electron chi connectivity index (χ3n) is 2.49. The van der Waals surface area contributed by atoms with E-state index in [9.17, 15) is 0 Å². The largest absolute Gasteiger partial charge is 0.383 e. The monoisotopic (exact) mass is 289 g/mol. The van der Waals surface area contributed by atoms with Gasteiger partial charge >= 0.3 is 0 Å². The van der Waals surface area contributed by atoms with Crippen LogP contribution in [-0.2, 0) is 17.8 Å². The van der Waals surface area contributed by atoms with Crippen molar-refractivity contribution in [2.75, 3.05) is 13.7 Å². The summed E-state index contributed by atoms with van der Waals surface area (Å²) in [5, 5.41) is 7.86. The molecule has 1 unspecified atom stereocenters. The Morgan fingerprint density at radius 1 is 1.56 bits per heavy atom. The second kappa shape index (κ2) is 6.37. The van der Waals surface area contributed by atoms with Gasteiger partial charge in [-0.15, -0.1) is 0 Å². The number of rotatable bonds is 6. The number of aromatic nitrogens is 2. The first-order valence-electron chi connectivity index (χ1n) is 5.54. The van der Waals surface area contributed by atoms with Gasteiger partial charge in [-0.1, -0.05) is 0 Å². The maximum Gasteiger partial charge on any atom is 0.0739 e. The first-order chi connectivity index (χ1) is 7.60. The molecule has 0 spiro atoms. The maximum absolute atomic E-state index is 5.09. The number of ether oxygens (including phenoxy) is 1. The first-order valence-corrected chi connectivity index (χ1v) is 6.33. The number of methoxy groups -OCH3 is 1. The molecule has 1 heterocycles. The summed E-state index contributed by atoms with van der Waals surface area (Å²) in [5.41, 5.74) is 2.24. The zero-order valence-electron chi connectivity index (χ0n) is 10.4. The van der Waals surface area contributed by atoms with E-state index in [0.29, 0.717) is 6.04 Å². The van der Waals surface area contributed by atoms with Gasteiger partial charge in [0.25, 0.3) is 0 Å². The van der Waals surface area contributed by atoms with Gasteiger partial charge in [0.2, 0.25) is 0 Å². The predicted octanol–water partition coefficient (Wildman–Crippen LogP) is 2.10. The lowest BCUT2D eigenvalue weighted by Gasteiger charge is -2.13. The Labute approximate surface area is 105 Å². The van der Waals surface area contributed by atoms with Crippen LogP contribution < -0.4 is 5.32 Å². The molecule has 1 atom stereocenters. The van der Waals surface area contributed by atoms with E-state index in [1.807, 2.05) is 11.6 Å². The number of halogens is 1. The molecule has 5 heteroatoms. The molecule has 1 aromatic heterocycles. The second-order valence-corrected chi connectivity index (χ2v) is 4.69. The Hall–Kier alpha value is -0.390. The Kier molecular flexibility index (Phi) is 5.44. The highest BCUT2D eigenvalue weighted by Crippen LogP contribution is 2.20. The molecule has 1 rings (SSSR count). The summed E-state index contributed by atoms with van der Waals surface area (Å²) >= 11 is 3.58. The molecule has 0 bridgehead atoms. The third-order valence-corrected chi connectivity index (χ3v) is 3.52. The minimum absolute atomic E-state index is 0.345. The number of aryl methyl sites for hydroxylation is 2. The minimum Gasteiger partial charge on any atom is -0.383 e. The van der Waals surface area contributed by atoms with Crippen LogP contribution in [0.2, 0.25) is 0 Å². The van der Waals surface area contributed by atoms with Crippen LogP contribution in [0.1, 0.15) is 25.2 Å². The number of nitrogens with zero attached hydrogens (tertiary/aromatic N) is 2. The van der Waals surface area contributed by atoms with Gasteiger partial charge in [-0.2, -0.15) is 5.10 Å². The molecule has 92 valence electrons. The smallest absolute Gasteiger partial charge is 0.0739 e. The van der Waals surface area contributed by atoms with E-state index in [2.05, 4.69) is 40.2 Å². The molecule has 1 N–H and O–H groups in total. The van der Waals surface area contributed by atoms with Gasteiger partial charge in [0.05, 0.1) is 22.5 Å². The highest BCUT2D eigenvalue weighted by molar-refractivity contribution is 9.10. The Bertz CT molecular complexity index is 338. The van der Waals surface area contributed by atoms with E-state index < -0.39 is 0 Å². The van der Waals surface area contributed by atoms with Crippen molar-refractivity contribution >= 4 is 15.9 Å². The molecule has 0 aliphatic carbocycles. The van der Waals surface area contributed by atoms with Crippen LogP contribution in [-0.4, -0.2) is 29.5 Å². The summed E-state index contributed by atoms with van der Waals surface area (Å²) in [6.45, 7) is 8.63. The van der Waals surface area contributed by atoms with Gasteiger partial charge in [0.15, 0.2) is 0 Å². The number of hydrogen-bond acceptors (Lipinski definition) is 3. The van der Waals surface area contributed by atoms with Crippen molar-refractivity contribution in [3.05, 3.63) is 15.9 Å². The molecule has 0 radical (unpaired) electrons. The molecule has 0 aliphatic rings. The molecule has 1 aromatic rings. The van der Waals surface area contributed by atoms with Gasteiger partial charge in [-0.25, -0.2) is 0 Å². The lowest BCUT2D eigenvalue weighted by Crippen LogP contribution is -2.30. The lowest BCUT2D eigenvalue weighted by molar-refractivity contribution is 0.171. The summed E-state index contributed by atoms with van der Waals surface area (Å²) in [6, 6.07) is 0.345. The quantitative estimate of drug-likeness (QED) is 0.872. The van der Waals surface area contributed by atoms with Crippen molar-refractivity contribution in [1.82, 2.24) is 15.1 Å². The topological polar surface area (TPSA) is 39.1 Å². The predicted molar refractivity (Wildman–Crippen MR) is 68.5 cm³/mol. The normalized spacial score (nSPS) is 13.1. The van der Waals surface area contributed by atoms with Crippen molar-refractivity contribution in [2.45, 2.75) is 39.9 Å². The summed E-state index contributed by atoms with van der Waals surface area (Å²) in [4.78, 5) is 0. The zero-order chi connectivity index (χ0) is 12.1. The highest BCUT2D eigenvalue weighted by atomic mass is 79.9. The molecule has 0 aromatic carbocycles. The highest BCUT2D eigenvalue weighted by Gasteiger charge is 2.12. The molecule has 0 saturated carbocycles. The average molecular weight is 290 g/mol. The van der Waals surface area contributed by atoms with Crippen LogP contribution in [0.4, 0.5) is 0 Å². The van der Waals surface area contributed by atoms with Gasteiger partial charge in [0.1, 0.15) is 0 Å². The van der Waals surface area contributed by atoms with E-state index in [1.165, 1.54) is 5.69 Å². The molecular formula is C11H20BrN3O. The Morgan fingerprint density at radius 3 is 2.81 bits per heavy atom. The molecule has 0 amide bonds. The summed E-state index contributed by atoms with van der Waals surface area (Å²) in [7, 11) is 1.72. The van der Waals surface area contributed by atoms with E-state index in [1.54, 1.807) is 7.11 Å². The SMILES string of the molecule is CCn1nc(C)c(Br)c1CNC(C)COC. The van der Waals surface area contributed by atoms with Crippen LogP contribution in [0, 0.1) is 6.92 Å². The minimum atomic E-state index is 0.345. The fourth-order valence-electron chi connectivity index (χ4n) is 1.62. The van der Waals surface area contributed by atoms with Crippen molar-refractivity contribution < 1.29 is 4.74 Å². The lowest BCUT2D eigenvalue weighted by atomic mass is 10.3. The summed E-state index contributed by atoms with van der Waals surface area (Å²) in [5.74, 6) is 0. The van der Waals surface area contributed by atoms with E-state index in [0.717, 1.165) is 29.9 Å². The first kappa shape index (κ1) is 13.7. The third kappa shape index (κ3) is 3.30. The molecule has 16 heavy (non-hydrogen) atoms. The molecular weight excluding hydrogens is 270 g/mol. The maximum atomic E-state index is 5.09. The van der Waals surface area contributed by atoms with E-state index in [4.69, 9.17) is 4.74 Å². The fraction of sp³-hybridized carbons (Fsp3) is 0.727. The summed E-state index contributed by atoms with van der Waals surface area (Å²) < 4.78 is 8.21. The average Bonchev–Trinajstić information content (AvgIpc) is 2.53. The fourth-order valence-corrected chi connectivity index (χ4v) is 2.04. The van der Waals surface area contributed by atoms with Crippen LogP contribution in [0.5, 0.6) is 0 Å². The van der Waals surface area contributed by atoms with Crippen molar-refractivity contribution in [3.63, 3.8) is 0 Å². The van der Waals surface area contributed by atoms with Gasteiger partial charge in [0, 0.05) is 26.2 Å².